The molecule has 0 aromatic heterocycles. The summed E-state index contributed by atoms with van der Waals surface area (Å²) in [5.41, 5.74) is 10.3. The van der Waals surface area contributed by atoms with Crippen LogP contribution >= 0.6 is 15.9 Å². The smallest absolute Gasteiger partial charge is 0.0346 e. The van der Waals surface area contributed by atoms with Crippen molar-refractivity contribution in [3.05, 3.63) is 34.9 Å². The maximum Gasteiger partial charge on any atom is 0.0346 e. The van der Waals surface area contributed by atoms with E-state index in [1.54, 1.807) is 0 Å². The third kappa shape index (κ3) is 2.34. The molecule has 1 nitrogen and oxygen atoms in total. The molecule has 2 N–H and O–H groups in total. The first-order valence-corrected chi connectivity index (χ1v) is 5.37. The first-order valence-electron chi connectivity index (χ1n) is 4.25. The van der Waals surface area contributed by atoms with Gasteiger partial charge in [0.1, 0.15) is 0 Å². The summed E-state index contributed by atoms with van der Waals surface area (Å²) in [6, 6.07) is 4.01. The number of nitrogens with two attached hydrogens (primary N) is 1. The Morgan fingerprint density at radius 1 is 1.31 bits per heavy atom. The molecular weight excluding hydrogens is 226 g/mol. The van der Waals surface area contributed by atoms with Crippen molar-refractivity contribution in [3.63, 3.8) is 0 Å². The van der Waals surface area contributed by atoms with Gasteiger partial charge in [-0.25, -0.2) is 0 Å². The average molecular weight is 240 g/mol. The van der Waals surface area contributed by atoms with Gasteiger partial charge in [-0.2, -0.15) is 0 Å². The van der Waals surface area contributed by atoms with Gasteiger partial charge in [-0.05, 0) is 36.6 Å². The Balaban J connectivity index is 3.11. The summed E-state index contributed by atoms with van der Waals surface area (Å²) < 4.78 is 0. The fourth-order valence-corrected chi connectivity index (χ4v) is 1.40. The van der Waals surface area contributed by atoms with Gasteiger partial charge in [-0.15, -0.1) is 0 Å². The summed E-state index contributed by atoms with van der Waals surface area (Å²) in [5.74, 6) is 0. The van der Waals surface area contributed by atoms with Crippen molar-refractivity contribution in [1.29, 1.82) is 0 Å². The molecule has 0 unspecified atom stereocenters. The maximum absolute atomic E-state index is 5.78. The highest BCUT2D eigenvalue weighted by Crippen LogP contribution is 2.20. The van der Waals surface area contributed by atoms with Crippen molar-refractivity contribution >= 4 is 27.7 Å². The SMILES string of the molecule is Cc1c(N)ccc(C=CCBr)c1C. The van der Waals surface area contributed by atoms with Crippen LogP contribution in [0.5, 0.6) is 0 Å². The highest BCUT2D eigenvalue weighted by atomic mass is 79.9. The Kier molecular flexibility index (Phi) is 3.55. The minimum Gasteiger partial charge on any atom is -0.399 e. The Hall–Kier alpha value is -0.760. The summed E-state index contributed by atoms with van der Waals surface area (Å²) in [6.07, 6.45) is 4.19. The fraction of sp³-hybridized carbons (Fsp3) is 0.273. The van der Waals surface area contributed by atoms with E-state index in [1.165, 1.54) is 16.7 Å². The normalized spacial score (nSPS) is 11.0. The molecule has 0 radical (unpaired) electrons. The van der Waals surface area contributed by atoms with Gasteiger partial charge in [0, 0.05) is 11.0 Å². The van der Waals surface area contributed by atoms with Crippen molar-refractivity contribution < 1.29 is 0 Å². The van der Waals surface area contributed by atoms with Crippen LogP contribution < -0.4 is 5.73 Å². The van der Waals surface area contributed by atoms with E-state index in [2.05, 4.69) is 48.0 Å². The highest BCUT2D eigenvalue weighted by Gasteiger charge is 2.00. The van der Waals surface area contributed by atoms with E-state index in [1.807, 2.05) is 6.07 Å². The molecule has 0 spiro atoms. The Bertz CT molecular complexity index is 329. The number of alkyl halides is 1. The Labute approximate surface area is 87.8 Å². The van der Waals surface area contributed by atoms with Crippen LogP contribution in [0.1, 0.15) is 16.7 Å². The molecule has 0 saturated heterocycles. The second kappa shape index (κ2) is 4.47. The lowest BCUT2D eigenvalue weighted by molar-refractivity contribution is 1.33. The number of benzene rings is 1. The summed E-state index contributed by atoms with van der Waals surface area (Å²) in [7, 11) is 0. The molecule has 0 heterocycles. The monoisotopic (exact) mass is 239 g/mol. The van der Waals surface area contributed by atoms with Crippen LogP contribution in [0, 0.1) is 13.8 Å². The molecule has 70 valence electrons. The molecule has 0 fully saturated rings. The van der Waals surface area contributed by atoms with Gasteiger partial charge in [-0.3, -0.25) is 0 Å². The molecule has 2 heteroatoms. The number of hydrogen-bond acceptors (Lipinski definition) is 1. The number of allylic oxidation sites excluding steroid dienone is 1. The van der Waals surface area contributed by atoms with Crippen LogP contribution in [0.3, 0.4) is 0 Å². The van der Waals surface area contributed by atoms with E-state index >= 15 is 0 Å². The van der Waals surface area contributed by atoms with E-state index in [-0.39, 0.29) is 0 Å². The van der Waals surface area contributed by atoms with Gasteiger partial charge in [0.05, 0.1) is 0 Å². The molecule has 0 atom stereocenters. The minimum atomic E-state index is 0.869. The molecular formula is C11H14BrN. The third-order valence-corrected chi connectivity index (χ3v) is 2.63. The van der Waals surface area contributed by atoms with Crippen LogP contribution in [0.25, 0.3) is 6.08 Å². The number of hydrogen-bond donors (Lipinski definition) is 1. The topological polar surface area (TPSA) is 26.0 Å². The lowest BCUT2D eigenvalue weighted by Crippen LogP contribution is -1.93. The predicted molar refractivity (Wildman–Crippen MR) is 63.2 cm³/mol. The van der Waals surface area contributed by atoms with E-state index in [0.717, 1.165) is 11.0 Å². The van der Waals surface area contributed by atoms with Crippen LogP contribution in [0.15, 0.2) is 18.2 Å². The van der Waals surface area contributed by atoms with E-state index in [4.69, 9.17) is 5.73 Å². The Morgan fingerprint density at radius 2 is 2.00 bits per heavy atom. The first kappa shape index (κ1) is 10.3. The standard InChI is InChI=1S/C11H14BrN/c1-8-9(2)11(13)6-5-10(8)4-3-7-12/h3-6H,7,13H2,1-2H3. The molecule has 0 aliphatic heterocycles. The lowest BCUT2D eigenvalue weighted by Gasteiger charge is -2.07. The van der Waals surface area contributed by atoms with Gasteiger partial charge in [0.25, 0.3) is 0 Å². The third-order valence-electron chi connectivity index (χ3n) is 2.26. The van der Waals surface area contributed by atoms with E-state index < -0.39 is 0 Å². The van der Waals surface area contributed by atoms with Crippen molar-refractivity contribution in [3.8, 4) is 0 Å². The first-order chi connectivity index (χ1) is 6.16. The van der Waals surface area contributed by atoms with Crippen LogP contribution in [0.4, 0.5) is 5.69 Å². The minimum absolute atomic E-state index is 0.869. The predicted octanol–water partition coefficient (Wildman–Crippen LogP) is 3.29. The van der Waals surface area contributed by atoms with E-state index in [9.17, 15) is 0 Å². The number of nitrogen functional groups attached to an aromatic ring is 1. The van der Waals surface area contributed by atoms with Gasteiger partial charge < -0.3 is 5.73 Å². The van der Waals surface area contributed by atoms with Crippen molar-refractivity contribution in [1.82, 2.24) is 0 Å². The van der Waals surface area contributed by atoms with Gasteiger partial charge in [-0.1, -0.05) is 34.1 Å². The van der Waals surface area contributed by atoms with Gasteiger partial charge in [0.15, 0.2) is 0 Å². The summed E-state index contributed by atoms with van der Waals surface area (Å²) in [6.45, 7) is 4.15. The zero-order valence-corrected chi connectivity index (χ0v) is 9.56. The lowest BCUT2D eigenvalue weighted by atomic mass is 10.0. The molecule has 13 heavy (non-hydrogen) atoms. The molecule has 1 aromatic carbocycles. The summed E-state index contributed by atoms with van der Waals surface area (Å²) in [5, 5.41) is 0.885. The zero-order chi connectivity index (χ0) is 9.84. The molecule has 0 aliphatic rings. The van der Waals surface area contributed by atoms with Gasteiger partial charge in [0.2, 0.25) is 0 Å². The van der Waals surface area contributed by atoms with Crippen molar-refractivity contribution in [2.75, 3.05) is 11.1 Å². The number of anilines is 1. The molecule has 0 aliphatic carbocycles. The van der Waals surface area contributed by atoms with E-state index in [0.29, 0.717) is 0 Å². The molecule has 1 rings (SSSR count). The van der Waals surface area contributed by atoms with Crippen LogP contribution in [-0.2, 0) is 0 Å². The zero-order valence-electron chi connectivity index (χ0n) is 7.97. The highest BCUT2D eigenvalue weighted by molar-refractivity contribution is 9.09. The fourth-order valence-electron chi connectivity index (χ4n) is 1.21. The van der Waals surface area contributed by atoms with Crippen LogP contribution in [0.2, 0.25) is 0 Å². The maximum atomic E-state index is 5.78. The summed E-state index contributed by atoms with van der Waals surface area (Å²) >= 11 is 3.35. The Morgan fingerprint density at radius 3 is 2.62 bits per heavy atom. The van der Waals surface area contributed by atoms with Gasteiger partial charge >= 0.3 is 0 Å². The quantitative estimate of drug-likeness (QED) is 0.623. The second-order valence-electron chi connectivity index (χ2n) is 3.05. The van der Waals surface area contributed by atoms with Crippen molar-refractivity contribution in [2.24, 2.45) is 0 Å². The molecule has 0 amide bonds. The van der Waals surface area contributed by atoms with Crippen LogP contribution in [-0.4, -0.2) is 5.33 Å². The average Bonchev–Trinajstić information content (AvgIpc) is 2.13. The second-order valence-corrected chi connectivity index (χ2v) is 3.70. The number of halogens is 1. The molecule has 0 saturated carbocycles. The summed E-state index contributed by atoms with van der Waals surface area (Å²) in [4.78, 5) is 0. The number of rotatable bonds is 2. The largest absolute Gasteiger partial charge is 0.399 e. The molecule has 0 bridgehead atoms. The van der Waals surface area contributed by atoms with Crippen molar-refractivity contribution in [2.45, 2.75) is 13.8 Å². The molecule has 1 aromatic rings.